The summed E-state index contributed by atoms with van der Waals surface area (Å²) in [7, 11) is 0. The Morgan fingerprint density at radius 1 is 1.14 bits per heavy atom. The van der Waals surface area contributed by atoms with Crippen molar-refractivity contribution in [1.82, 2.24) is 0 Å². The summed E-state index contributed by atoms with van der Waals surface area (Å²) in [6.45, 7) is 0.362. The van der Waals surface area contributed by atoms with Gasteiger partial charge in [0.05, 0.1) is 12.7 Å². The van der Waals surface area contributed by atoms with Crippen LogP contribution in [0.2, 0.25) is 0 Å². The van der Waals surface area contributed by atoms with E-state index >= 15 is 0 Å². The first-order valence-electron chi connectivity index (χ1n) is 9.24. The Balaban J connectivity index is 1.64. The van der Waals surface area contributed by atoms with E-state index in [4.69, 9.17) is 10.00 Å². The van der Waals surface area contributed by atoms with Crippen molar-refractivity contribution < 1.29 is 27.0 Å². The van der Waals surface area contributed by atoms with Crippen LogP contribution in [0.15, 0.2) is 48.3 Å². The fourth-order valence-corrected chi connectivity index (χ4v) is 3.21. The zero-order valence-corrected chi connectivity index (χ0v) is 15.4. The van der Waals surface area contributed by atoms with Crippen LogP contribution in [0.25, 0.3) is 0 Å². The Kier molecular flexibility index (Phi) is 8.52. The van der Waals surface area contributed by atoms with E-state index in [1.54, 1.807) is 18.2 Å². The van der Waals surface area contributed by atoms with Gasteiger partial charge in [0.25, 0.3) is 0 Å². The van der Waals surface area contributed by atoms with Gasteiger partial charge >= 0.3 is 6.36 Å². The molecule has 0 aliphatic heterocycles. The number of rotatable bonds is 8. The van der Waals surface area contributed by atoms with Crippen LogP contribution >= 0.6 is 0 Å². The minimum atomic E-state index is -4.68. The molecule has 0 amide bonds. The summed E-state index contributed by atoms with van der Waals surface area (Å²) < 4.78 is 58.8. The molecule has 1 aliphatic rings. The first-order valence-corrected chi connectivity index (χ1v) is 9.24. The summed E-state index contributed by atoms with van der Waals surface area (Å²) in [5.41, 5.74) is 0.805. The summed E-state index contributed by atoms with van der Waals surface area (Å²) in [5, 5.41) is 8.30. The van der Waals surface area contributed by atoms with E-state index in [2.05, 4.69) is 4.74 Å². The largest absolute Gasteiger partial charge is 0.573 e. The van der Waals surface area contributed by atoms with Crippen LogP contribution in [0.3, 0.4) is 0 Å². The predicted molar refractivity (Wildman–Crippen MR) is 96.8 cm³/mol. The van der Waals surface area contributed by atoms with Gasteiger partial charge in [0.1, 0.15) is 11.8 Å². The van der Waals surface area contributed by atoms with Gasteiger partial charge in [-0.25, -0.2) is 0 Å². The Labute approximate surface area is 162 Å². The fraction of sp³-hybridized carbons (Fsp3) is 0.476. The Hall–Kier alpha value is -2.33. The van der Waals surface area contributed by atoms with E-state index in [9.17, 15) is 17.6 Å². The summed E-state index contributed by atoms with van der Waals surface area (Å²) in [4.78, 5) is 0. The molecule has 1 aliphatic carbocycles. The molecule has 1 aromatic carbocycles. The van der Waals surface area contributed by atoms with E-state index in [1.165, 1.54) is 18.2 Å². The molecule has 1 fully saturated rings. The molecule has 3 nitrogen and oxygen atoms in total. The third-order valence-electron chi connectivity index (χ3n) is 4.66. The topological polar surface area (TPSA) is 42.2 Å². The smallest absolute Gasteiger partial charge is 0.406 e. The minimum Gasteiger partial charge on any atom is -0.406 e. The molecule has 0 radical (unpaired) electrons. The average molecular weight is 397 g/mol. The lowest BCUT2D eigenvalue weighted by Crippen LogP contribution is -2.21. The molecule has 0 unspecified atom stereocenters. The van der Waals surface area contributed by atoms with Gasteiger partial charge < -0.3 is 9.47 Å². The highest BCUT2D eigenvalue weighted by molar-refractivity contribution is 5.27. The number of hydrogen-bond acceptors (Lipinski definition) is 3. The van der Waals surface area contributed by atoms with Crippen molar-refractivity contribution in [3.05, 3.63) is 53.9 Å². The van der Waals surface area contributed by atoms with Crippen LogP contribution in [0, 0.1) is 17.2 Å². The van der Waals surface area contributed by atoms with Crippen LogP contribution in [0.4, 0.5) is 17.6 Å². The summed E-state index contributed by atoms with van der Waals surface area (Å²) in [5.74, 6) is -0.429. The second-order valence-electron chi connectivity index (χ2n) is 6.78. The maximum absolute atomic E-state index is 12.6. The lowest BCUT2D eigenvalue weighted by molar-refractivity contribution is -0.274. The van der Waals surface area contributed by atoms with Crippen LogP contribution in [0.5, 0.6) is 5.75 Å². The van der Waals surface area contributed by atoms with Crippen molar-refractivity contribution in [3.63, 3.8) is 0 Å². The van der Waals surface area contributed by atoms with E-state index in [0.29, 0.717) is 12.5 Å². The quantitative estimate of drug-likeness (QED) is 0.291. The molecule has 0 heterocycles. The zero-order chi connectivity index (χ0) is 20.4. The van der Waals surface area contributed by atoms with Gasteiger partial charge in [0, 0.05) is 0 Å². The molecule has 0 bridgehead atoms. The molecule has 0 N–H and O–H groups in total. The highest BCUT2D eigenvalue weighted by Crippen LogP contribution is 2.30. The van der Waals surface area contributed by atoms with Gasteiger partial charge in [0.15, 0.2) is 5.83 Å². The van der Waals surface area contributed by atoms with Crippen molar-refractivity contribution >= 4 is 0 Å². The molecular weight excluding hydrogens is 374 g/mol. The first-order chi connectivity index (χ1) is 13.4. The van der Waals surface area contributed by atoms with Crippen LogP contribution in [0.1, 0.15) is 44.1 Å². The number of ether oxygens (including phenoxy) is 2. The van der Waals surface area contributed by atoms with Crippen molar-refractivity contribution in [2.45, 2.75) is 57.6 Å². The number of hydrogen-bond donors (Lipinski definition) is 0. The molecule has 1 aromatic rings. The number of alkyl halides is 3. The molecule has 2 rings (SSSR count). The number of halogens is 4. The van der Waals surface area contributed by atoms with Crippen LogP contribution < -0.4 is 4.74 Å². The van der Waals surface area contributed by atoms with Gasteiger partial charge in [-0.2, -0.15) is 9.65 Å². The maximum Gasteiger partial charge on any atom is 0.573 e. The lowest BCUT2D eigenvalue weighted by atomic mass is 9.84. The summed E-state index contributed by atoms with van der Waals surface area (Å²) in [6.07, 6.45) is 5.94. The summed E-state index contributed by atoms with van der Waals surface area (Å²) in [6, 6.07) is 7.14. The van der Waals surface area contributed by atoms with Crippen molar-refractivity contribution in [2.75, 3.05) is 0 Å². The molecule has 0 spiro atoms. The predicted octanol–water partition coefficient (Wildman–Crippen LogP) is 6.37. The third-order valence-corrected chi connectivity index (χ3v) is 4.66. The highest BCUT2D eigenvalue weighted by atomic mass is 19.4. The molecule has 0 saturated heterocycles. The number of allylic oxidation sites excluding steroid dienone is 4. The molecule has 0 aromatic heterocycles. The van der Waals surface area contributed by atoms with E-state index in [0.717, 1.165) is 50.2 Å². The zero-order valence-electron chi connectivity index (χ0n) is 15.4. The minimum absolute atomic E-state index is 0.158. The van der Waals surface area contributed by atoms with Gasteiger partial charge in [-0.1, -0.05) is 24.3 Å². The van der Waals surface area contributed by atoms with Crippen molar-refractivity contribution in [3.8, 4) is 11.8 Å². The molecule has 0 atom stereocenters. The standard InChI is InChI=1S/C21H23F4NO2/c22-18(14-26)5-3-1-2-4-16-6-10-19(11-7-16)27-15-17-8-12-20(13-9-17)28-21(23,24)25/h1,3,5,8-9,12-13,16,19H,2,4,6-7,10-11,15H2/b3-1+,18-5-. The molecule has 152 valence electrons. The van der Waals surface area contributed by atoms with Crippen LogP contribution in [-0.2, 0) is 11.3 Å². The number of nitrogens with zero attached hydrogens (tertiary/aromatic N) is 1. The lowest BCUT2D eigenvalue weighted by Gasteiger charge is -2.28. The van der Waals surface area contributed by atoms with Gasteiger partial charge in [-0.15, -0.1) is 13.2 Å². The second-order valence-corrected chi connectivity index (χ2v) is 6.78. The molecule has 1 saturated carbocycles. The molecule has 28 heavy (non-hydrogen) atoms. The number of benzene rings is 1. The SMILES string of the molecule is N#C/C(F)=C/C=C/CCC1CCC(OCc2ccc(OC(F)(F)F)cc2)CC1. The van der Waals surface area contributed by atoms with E-state index < -0.39 is 12.2 Å². The Morgan fingerprint density at radius 2 is 1.82 bits per heavy atom. The van der Waals surface area contributed by atoms with Crippen molar-refractivity contribution in [2.24, 2.45) is 5.92 Å². The average Bonchev–Trinajstić information content (AvgIpc) is 2.66. The maximum atomic E-state index is 12.6. The van der Waals surface area contributed by atoms with Crippen LogP contribution in [-0.4, -0.2) is 12.5 Å². The van der Waals surface area contributed by atoms with Gasteiger partial charge in [-0.05, 0) is 68.2 Å². The molecular formula is C21H23F4NO2. The fourth-order valence-electron chi connectivity index (χ4n) is 3.21. The second kappa shape index (κ2) is 10.9. The Morgan fingerprint density at radius 3 is 2.43 bits per heavy atom. The summed E-state index contributed by atoms with van der Waals surface area (Å²) >= 11 is 0. The number of nitriles is 1. The molecule has 7 heteroatoms. The normalized spacial score (nSPS) is 20.9. The Bertz CT molecular complexity index is 697. The van der Waals surface area contributed by atoms with Crippen molar-refractivity contribution in [1.29, 1.82) is 5.26 Å². The van der Waals surface area contributed by atoms with E-state index in [1.807, 2.05) is 6.08 Å². The highest BCUT2D eigenvalue weighted by Gasteiger charge is 2.31. The third kappa shape index (κ3) is 8.57. The monoisotopic (exact) mass is 397 g/mol. The van der Waals surface area contributed by atoms with E-state index in [-0.39, 0.29) is 11.9 Å². The van der Waals surface area contributed by atoms with Gasteiger partial charge in [-0.3, -0.25) is 0 Å². The first kappa shape index (κ1) is 22.0. The van der Waals surface area contributed by atoms with Gasteiger partial charge in [0.2, 0.25) is 0 Å².